The van der Waals surface area contributed by atoms with Gasteiger partial charge >= 0.3 is 6.18 Å². The molecule has 10 rings (SSSR count). The van der Waals surface area contributed by atoms with Crippen LogP contribution in [-0.2, 0) is 46.8 Å². The fraction of sp³-hybridized carbons (Fsp3) is 0.486. The molecule has 1 saturated carbocycles. The van der Waals surface area contributed by atoms with Crippen LogP contribution in [0.2, 0.25) is 0 Å². The van der Waals surface area contributed by atoms with E-state index >= 15 is 0 Å². The summed E-state index contributed by atoms with van der Waals surface area (Å²) in [6.45, 7) is 16.9. The number of alkyl halides is 3. The molecule has 0 bridgehead atoms. The molecule has 19 heteroatoms. The summed E-state index contributed by atoms with van der Waals surface area (Å²) < 4.78 is 60.5. The number of nitrogens with one attached hydrogen (secondary N) is 4. The SMILES string of the molecule is CCN(c1cc(-c2ccc(CN3CCOCC3)cc2)cc(C(=O)NCc2c(Cc3cc(C)[nH]c(=O)c3CNC(=O)c3cc(-c4ccc(CN5CCOCC5)cc4)cc(N(CC(F)(F)F)C4CCOCC4)c3C)cc(C)[nH]c2=O)c1C)[C@H]1CC[C@H](N(C)C)CC1. The Labute approximate surface area is 521 Å². The standard InChI is InChI=1S/C70H88F3N9O7/c1-8-81(58-19-17-57(18-20-58)78(6)7)64-38-53(51-13-9-49(10-14-51)42-79-23-29-88-30-24-79)36-60(47(64)4)66(83)74-40-62-55(33-45(2)76-68(62)85)35-56-34-46(3)77-69(86)63(56)41-75-67(84)61-37-54(52-15-11-50(12-16-52)43-80-25-31-89-32-26-80)39-65(48(61)5)82(44-70(71,72)73)59-21-27-87-28-22-59/h9-16,33-34,36-39,57-59H,8,17-32,35,40-44H2,1-7H3,(H,74,83)(H,75,84)(H,76,85)(H,77,86)/t57-,58-. The molecule has 5 heterocycles. The molecule has 0 atom stereocenters. The number of aromatic nitrogens is 2. The topological polar surface area (TPSA) is 168 Å². The van der Waals surface area contributed by atoms with Gasteiger partial charge in [0.15, 0.2) is 0 Å². The summed E-state index contributed by atoms with van der Waals surface area (Å²) >= 11 is 0. The van der Waals surface area contributed by atoms with E-state index in [4.69, 9.17) is 14.2 Å². The number of morpholine rings is 2. The van der Waals surface area contributed by atoms with Crippen LogP contribution in [0, 0.1) is 27.7 Å². The third-order valence-corrected chi connectivity index (χ3v) is 18.6. The highest BCUT2D eigenvalue weighted by Crippen LogP contribution is 2.38. The van der Waals surface area contributed by atoms with E-state index in [2.05, 4.69) is 91.6 Å². The number of pyridine rings is 2. The van der Waals surface area contributed by atoms with E-state index in [1.54, 1.807) is 32.9 Å². The molecule has 4 aliphatic rings. The summed E-state index contributed by atoms with van der Waals surface area (Å²) in [4.78, 5) is 74.7. The van der Waals surface area contributed by atoms with Gasteiger partial charge in [0.1, 0.15) is 6.54 Å². The minimum atomic E-state index is -4.55. The molecule has 476 valence electrons. The predicted molar refractivity (Wildman–Crippen MR) is 344 cm³/mol. The van der Waals surface area contributed by atoms with Crippen LogP contribution in [0.1, 0.15) is 122 Å². The van der Waals surface area contributed by atoms with Crippen molar-refractivity contribution in [3.05, 3.63) is 173 Å². The van der Waals surface area contributed by atoms with Gasteiger partial charge in [-0.15, -0.1) is 0 Å². The van der Waals surface area contributed by atoms with E-state index < -0.39 is 30.2 Å². The summed E-state index contributed by atoms with van der Waals surface area (Å²) in [6.07, 6.45) is 0.551. The molecule has 4 aromatic carbocycles. The van der Waals surface area contributed by atoms with Crippen LogP contribution in [-0.4, -0.2) is 154 Å². The van der Waals surface area contributed by atoms with Crippen LogP contribution in [0.15, 0.2) is 94.5 Å². The third-order valence-electron chi connectivity index (χ3n) is 18.6. The first-order chi connectivity index (χ1) is 42.8. The van der Waals surface area contributed by atoms with Crippen LogP contribution < -0.4 is 31.6 Å². The second kappa shape index (κ2) is 29.2. The molecule has 3 aliphatic heterocycles. The Morgan fingerprint density at radius 3 is 1.37 bits per heavy atom. The van der Waals surface area contributed by atoms with Crippen molar-refractivity contribution in [3.63, 3.8) is 0 Å². The fourth-order valence-corrected chi connectivity index (χ4v) is 13.6. The number of aromatic amines is 2. The number of amides is 2. The van der Waals surface area contributed by atoms with Crippen molar-refractivity contribution in [3.8, 4) is 22.3 Å². The second-order valence-electron chi connectivity index (χ2n) is 24.9. The molecular formula is C70H88F3N9O7. The molecule has 89 heavy (non-hydrogen) atoms. The van der Waals surface area contributed by atoms with Crippen molar-refractivity contribution < 1.29 is 37.0 Å². The Morgan fingerprint density at radius 1 is 0.551 bits per heavy atom. The maximum atomic E-state index is 14.9. The molecule has 1 aliphatic carbocycles. The lowest BCUT2D eigenvalue weighted by Gasteiger charge is -2.40. The minimum absolute atomic E-state index is 0.103. The molecule has 4 N–H and O–H groups in total. The Bertz CT molecular complexity index is 3540. The van der Waals surface area contributed by atoms with E-state index in [-0.39, 0.29) is 42.1 Å². The Balaban J connectivity index is 0.926. The number of aryl methyl sites for hydroxylation is 2. The third kappa shape index (κ3) is 16.3. The molecule has 4 fully saturated rings. The average molecular weight is 1220 g/mol. The smallest absolute Gasteiger partial charge is 0.381 e. The second-order valence-corrected chi connectivity index (χ2v) is 24.9. The number of H-pyrrole nitrogens is 2. The zero-order valence-electron chi connectivity index (χ0n) is 52.8. The number of benzene rings is 4. The maximum Gasteiger partial charge on any atom is 0.405 e. The van der Waals surface area contributed by atoms with Crippen LogP contribution in [0.25, 0.3) is 22.3 Å². The minimum Gasteiger partial charge on any atom is -0.381 e. The Morgan fingerprint density at radius 2 is 0.955 bits per heavy atom. The van der Waals surface area contributed by atoms with E-state index in [1.807, 2.05) is 49.4 Å². The predicted octanol–water partition coefficient (Wildman–Crippen LogP) is 9.99. The lowest BCUT2D eigenvalue weighted by molar-refractivity contribution is -0.121. The van der Waals surface area contributed by atoms with Gasteiger partial charge in [-0.2, -0.15) is 13.2 Å². The molecule has 2 aromatic heterocycles. The quantitative estimate of drug-likeness (QED) is 0.0540. The zero-order chi connectivity index (χ0) is 62.9. The summed E-state index contributed by atoms with van der Waals surface area (Å²) in [5.41, 5.74) is 10.7. The van der Waals surface area contributed by atoms with Crippen molar-refractivity contribution in [2.24, 2.45) is 0 Å². The molecule has 0 radical (unpaired) electrons. The van der Waals surface area contributed by atoms with Crippen LogP contribution in [0.4, 0.5) is 24.5 Å². The first kappa shape index (κ1) is 64.8. The zero-order valence-corrected chi connectivity index (χ0v) is 52.8. The van der Waals surface area contributed by atoms with Gasteiger partial charge in [0, 0.05) is 135 Å². The first-order valence-corrected chi connectivity index (χ1v) is 31.7. The van der Waals surface area contributed by atoms with Crippen molar-refractivity contribution in [2.45, 2.75) is 130 Å². The van der Waals surface area contributed by atoms with E-state index in [0.717, 1.165) is 118 Å². The first-order valence-electron chi connectivity index (χ1n) is 31.7. The van der Waals surface area contributed by atoms with E-state index in [9.17, 15) is 32.3 Å². The van der Waals surface area contributed by atoms with Gasteiger partial charge in [0.05, 0.1) is 26.4 Å². The van der Waals surface area contributed by atoms with Crippen LogP contribution in [0.3, 0.4) is 0 Å². The normalized spacial score (nSPS) is 18.1. The summed E-state index contributed by atoms with van der Waals surface area (Å²) in [7, 11) is 4.30. The number of halogens is 3. The van der Waals surface area contributed by atoms with Gasteiger partial charge in [-0.25, -0.2) is 0 Å². The van der Waals surface area contributed by atoms with Gasteiger partial charge < -0.3 is 49.5 Å². The number of hydrogen-bond acceptors (Lipinski definition) is 12. The van der Waals surface area contributed by atoms with Gasteiger partial charge in [0.25, 0.3) is 22.9 Å². The molecular weight excluding hydrogens is 1140 g/mol. The van der Waals surface area contributed by atoms with Crippen LogP contribution in [0.5, 0.6) is 0 Å². The Kier molecular flexibility index (Phi) is 21.3. The number of ether oxygens (including phenoxy) is 3. The average Bonchev–Trinajstić information content (AvgIpc) is 1.08. The molecule has 3 saturated heterocycles. The largest absolute Gasteiger partial charge is 0.405 e. The molecule has 6 aromatic rings. The number of rotatable bonds is 21. The number of hydrogen-bond donors (Lipinski definition) is 4. The molecule has 2 amide bonds. The maximum absolute atomic E-state index is 14.9. The van der Waals surface area contributed by atoms with E-state index in [1.165, 1.54) is 10.5 Å². The Hall–Kier alpha value is -7.13. The molecule has 0 spiro atoms. The number of nitrogens with zero attached hydrogens (tertiary/aromatic N) is 5. The fourth-order valence-electron chi connectivity index (χ4n) is 13.6. The van der Waals surface area contributed by atoms with Crippen molar-refractivity contribution >= 4 is 23.2 Å². The summed E-state index contributed by atoms with van der Waals surface area (Å²) in [6, 6.07) is 28.1. The monoisotopic (exact) mass is 1220 g/mol. The van der Waals surface area contributed by atoms with Gasteiger partial charge in [-0.3, -0.25) is 29.0 Å². The van der Waals surface area contributed by atoms with Gasteiger partial charge in [-0.05, 0) is 186 Å². The molecule has 16 nitrogen and oxygen atoms in total. The van der Waals surface area contributed by atoms with Crippen molar-refractivity contribution in [1.82, 2.24) is 35.3 Å². The van der Waals surface area contributed by atoms with E-state index in [0.29, 0.717) is 102 Å². The number of carbonyl (C=O) groups excluding carboxylic acids is 2. The summed E-state index contributed by atoms with van der Waals surface area (Å²) in [5.74, 6) is -0.905. The lowest BCUT2D eigenvalue weighted by Crippen LogP contribution is -2.45. The number of carbonyl (C=O) groups is 2. The van der Waals surface area contributed by atoms with Gasteiger partial charge in [-0.1, -0.05) is 48.5 Å². The highest BCUT2D eigenvalue weighted by molar-refractivity contribution is 6.00. The lowest BCUT2D eigenvalue weighted by atomic mass is 9.88. The highest BCUT2D eigenvalue weighted by Gasteiger charge is 2.37. The van der Waals surface area contributed by atoms with Crippen LogP contribution >= 0.6 is 0 Å². The molecule has 0 unspecified atom stereocenters. The van der Waals surface area contributed by atoms with Crippen molar-refractivity contribution in [1.29, 1.82) is 0 Å². The van der Waals surface area contributed by atoms with Gasteiger partial charge in [0.2, 0.25) is 0 Å². The number of anilines is 2. The summed E-state index contributed by atoms with van der Waals surface area (Å²) in [5, 5.41) is 6.12. The highest BCUT2D eigenvalue weighted by atomic mass is 19.4. The van der Waals surface area contributed by atoms with Crippen molar-refractivity contribution in [2.75, 3.05) is 103 Å².